The number of nitrogens with zero attached hydrogens (tertiary/aromatic N) is 5. The van der Waals surface area contributed by atoms with E-state index >= 15 is 0 Å². The molecule has 10 nitrogen and oxygen atoms in total. The van der Waals surface area contributed by atoms with Crippen molar-refractivity contribution in [1.82, 2.24) is 25.0 Å². The molecule has 146 valence electrons. The highest BCUT2D eigenvalue weighted by molar-refractivity contribution is 5.57. The Labute approximate surface area is 156 Å². The summed E-state index contributed by atoms with van der Waals surface area (Å²) < 4.78 is 11.8. The second kappa shape index (κ2) is 7.37. The number of carbonyl (C=O) groups is 1. The third-order valence-electron chi connectivity index (χ3n) is 4.41. The molecule has 0 aromatic carbocycles. The van der Waals surface area contributed by atoms with E-state index < -0.39 is 6.16 Å². The zero-order chi connectivity index (χ0) is 19.6. The molecule has 1 saturated carbocycles. The van der Waals surface area contributed by atoms with Crippen molar-refractivity contribution in [3.05, 3.63) is 18.0 Å². The van der Waals surface area contributed by atoms with Crippen LogP contribution in [0.5, 0.6) is 6.01 Å². The fraction of sp³-hybridized carbons (Fsp3) is 0.588. The molecule has 0 saturated heterocycles. The maximum Gasteiger partial charge on any atom is 0.506 e. The Morgan fingerprint density at radius 3 is 2.81 bits per heavy atom. The molecule has 0 radical (unpaired) electrons. The topological polar surface area (TPSA) is 124 Å². The van der Waals surface area contributed by atoms with Gasteiger partial charge >= 0.3 is 12.2 Å². The van der Waals surface area contributed by atoms with Gasteiger partial charge in [0.1, 0.15) is 11.9 Å². The molecule has 0 spiro atoms. The first kappa shape index (κ1) is 18.9. The highest BCUT2D eigenvalue weighted by atomic mass is 16.7. The molecule has 0 unspecified atom stereocenters. The van der Waals surface area contributed by atoms with Crippen molar-refractivity contribution in [2.75, 3.05) is 12.4 Å². The van der Waals surface area contributed by atoms with E-state index in [0.29, 0.717) is 18.7 Å². The van der Waals surface area contributed by atoms with Gasteiger partial charge in [0.15, 0.2) is 5.82 Å². The lowest BCUT2D eigenvalue weighted by Crippen LogP contribution is -2.25. The molecule has 1 aliphatic rings. The first-order valence-corrected chi connectivity index (χ1v) is 8.77. The molecule has 3 rings (SSSR count). The number of aromatic nitrogens is 5. The van der Waals surface area contributed by atoms with Crippen molar-refractivity contribution in [1.29, 1.82) is 0 Å². The Morgan fingerprint density at radius 2 is 2.15 bits per heavy atom. The molecule has 2 N–H and O–H groups in total. The van der Waals surface area contributed by atoms with E-state index in [1.165, 1.54) is 13.3 Å². The molecule has 10 heteroatoms. The molecule has 0 aliphatic heterocycles. The van der Waals surface area contributed by atoms with Gasteiger partial charge in [0.2, 0.25) is 0 Å². The number of hydrogen-bond acceptors (Lipinski definition) is 8. The highest BCUT2D eigenvalue weighted by Gasteiger charge is 2.32. The lowest BCUT2D eigenvalue weighted by atomic mass is 10.0. The zero-order valence-corrected chi connectivity index (χ0v) is 15.8. The summed E-state index contributed by atoms with van der Waals surface area (Å²) in [4.78, 5) is 15.0. The molecule has 1 aliphatic carbocycles. The number of ether oxygens (including phenoxy) is 2. The number of carboxylic acid groups (broad SMARTS) is 1. The van der Waals surface area contributed by atoms with Crippen molar-refractivity contribution in [2.24, 2.45) is 0 Å². The van der Waals surface area contributed by atoms with Crippen molar-refractivity contribution in [3.8, 4) is 6.01 Å². The molecule has 0 bridgehead atoms. The van der Waals surface area contributed by atoms with Gasteiger partial charge in [-0.05, 0) is 40.0 Å². The van der Waals surface area contributed by atoms with Gasteiger partial charge in [-0.3, -0.25) is 0 Å². The molecular formula is C17H24N6O4. The van der Waals surface area contributed by atoms with E-state index in [0.717, 1.165) is 17.9 Å². The van der Waals surface area contributed by atoms with E-state index in [1.54, 1.807) is 0 Å². The van der Waals surface area contributed by atoms with Crippen molar-refractivity contribution in [2.45, 2.75) is 57.6 Å². The van der Waals surface area contributed by atoms with Crippen LogP contribution in [-0.4, -0.2) is 49.4 Å². The summed E-state index contributed by atoms with van der Waals surface area (Å²) in [5, 5.41) is 24.4. The second-order valence-corrected chi connectivity index (χ2v) is 7.51. The van der Waals surface area contributed by atoms with Crippen molar-refractivity contribution >= 4 is 17.8 Å². The summed E-state index contributed by atoms with van der Waals surface area (Å²) in [6.45, 7) is 6.16. The van der Waals surface area contributed by atoms with Gasteiger partial charge in [-0.1, -0.05) is 5.10 Å². The summed E-state index contributed by atoms with van der Waals surface area (Å²) in [5.74, 6) is 1.41. The van der Waals surface area contributed by atoms with Crippen molar-refractivity contribution in [3.63, 3.8) is 0 Å². The third-order valence-corrected chi connectivity index (χ3v) is 4.41. The van der Waals surface area contributed by atoms with Gasteiger partial charge in [-0.15, -0.1) is 0 Å². The predicted molar refractivity (Wildman–Crippen MR) is 96.4 cm³/mol. The highest BCUT2D eigenvalue weighted by Crippen LogP contribution is 2.37. The fourth-order valence-electron chi connectivity index (χ4n) is 3.22. The number of nitrogens with one attached hydrogen (secondary N) is 1. The summed E-state index contributed by atoms with van der Waals surface area (Å²) in [6, 6.07) is 2.14. The van der Waals surface area contributed by atoms with Gasteiger partial charge in [0.05, 0.1) is 24.5 Å². The van der Waals surface area contributed by atoms with Crippen LogP contribution < -0.4 is 10.1 Å². The monoisotopic (exact) mass is 376 g/mol. The zero-order valence-electron chi connectivity index (χ0n) is 15.8. The van der Waals surface area contributed by atoms with Crippen LogP contribution in [-0.2, 0) is 10.3 Å². The minimum absolute atomic E-state index is 0.150. The first-order valence-electron chi connectivity index (χ1n) is 8.77. The van der Waals surface area contributed by atoms with E-state index in [4.69, 9.17) is 19.7 Å². The molecule has 2 heterocycles. The van der Waals surface area contributed by atoms with Crippen LogP contribution >= 0.6 is 0 Å². The molecular weight excluding hydrogens is 352 g/mol. The quantitative estimate of drug-likeness (QED) is 0.758. The van der Waals surface area contributed by atoms with Gasteiger partial charge in [0, 0.05) is 12.0 Å². The van der Waals surface area contributed by atoms with E-state index in [-0.39, 0.29) is 23.6 Å². The fourth-order valence-corrected chi connectivity index (χ4v) is 3.22. The van der Waals surface area contributed by atoms with Crippen molar-refractivity contribution < 1.29 is 19.4 Å². The van der Waals surface area contributed by atoms with E-state index in [1.807, 2.05) is 10.7 Å². The molecule has 0 amide bonds. The van der Waals surface area contributed by atoms with Crippen LogP contribution in [0.25, 0.3) is 0 Å². The molecule has 2 aromatic heterocycles. The Balaban J connectivity index is 1.84. The second-order valence-electron chi connectivity index (χ2n) is 7.51. The van der Waals surface area contributed by atoms with Gasteiger partial charge < -0.3 is 19.9 Å². The lowest BCUT2D eigenvalue weighted by molar-refractivity contribution is 0.0540. The minimum Gasteiger partial charge on any atom is -0.466 e. The normalized spacial score (nSPS) is 19.7. The molecule has 1 fully saturated rings. The number of hydrogen-bond donors (Lipinski definition) is 2. The Bertz CT molecular complexity index is 816. The predicted octanol–water partition coefficient (Wildman–Crippen LogP) is 2.91. The average molecular weight is 376 g/mol. The van der Waals surface area contributed by atoms with Crippen LogP contribution in [0.2, 0.25) is 0 Å². The molecule has 27 heavy (non-hydrogen) atoms. The Morgan fingerprint density at radius 1 is 1.37 bits per heavy atom. The SMILES string of the molecule is COc1nncc(Nc2cc([C@H]3CC[C@@H](OC(=O)O)C3)nn2C(C)(C)C)n1. The van der Waals surface area contributed by atoms with Crippen LogP contribution in [0.3, 0.4) is 0 Å². The Kier molecular flexibility index (Phi) is 5.15. The largest absolute Gasteiger partial charge is 0.506 e. The van der Waals surface area contributed by atoms with Crippen LogP contribution in [0, 0.1) is 0 Å². The maximum atomic E-state index is 10.8. The smallest absolute Gasteiger partial charge is 0.466 e. The number of rotatable bonds is 5. The van der Waals surface area contributed by atoms with Crippen LogP contribution in [0.4, 0.5) is 16.4 Å². The van der Waals surface area contributed by atoms with Gasteiger partial charge in [0.25, 0.3) is 0 Å². The summed E-state index contributed by atoms with van der Waals surface area (Å²) in [6.07, 6.45) is 2.17. The summed E-state index contributed by atoms with van der Waals surface area (Å²) >= 11 is 0. The standard InChI is InChI=1S/C17H24N6O4/c1-17(2,3)23-14(19-13-9-18-21-15(20-13)26-4)8-12(22-23)10-5-6-11(7-10)27-16(24)25/h8-11H,5-7H2,1-4H3,(H,24,25)(H,19,20,21)/t10-,11+/m0/s1. The van der Waals surface area contributed by atoms with E-state index in [2.05, 4.69) is 41.3 Å². The average Bonchev–Trinajstić information content (AvgIpc) is 3.21. The minimum atomic E-state index is -1.23. The van der Waals surface area contributed by atoms with Crippen LogP contribution in [0.15, 0.2) is 12.3 Å². The van der Waals surface area contributed by atoms with Gasteiger partial charge in [-0.2, -0.15) is 15.2 Å². The third kappa shape index (κ3) is 4.44. The number of methoxy groups -OCH3 is 1. The Hall–Kier alpha value is -2.91. The van der Waals surface area contributed by atoms with E-state index in [9.17, 15) is 4.79 Å². The van der Waals surface area contributed by atoms with Crippen LogP contribution in [0.1, 0.15) is 51.6 Å². The summed E-state index contributed by atoms with van der Waals surface area (Å²) in [7, 11) is 1.48. The first-order chi connectivity index (χ1) is 12.8. The lowest BCUT2D eigenvalue weighted by Gasteiger charge is -2.22. The summed E-state index contributed by atoms with van der Waals surface area (Å²) in [5.41, 5.74) is 0.638. The molecule has 2 atom stereocenters. The number of anilines is 2. The van der Waals surface area contributed by atoms with Gasteiger partial charge in [-0.25, -0.2) is 9.48 Å². The molecule has 2 aromatic rings. The maximum absolute atomic E-state index is 10.8.